The van der Waals surface area contributed by atoms with Gasteiger partial charge in [-0.1, -0.05) is 0 Å². The van der Waals surface area contributed by atoms with Gasteiger partial charge in [0.25, 0.3) is 0 Å². The molecule has 0 amide bonds. The van der Waals surface area contributed by atoms with Crippen LogP contribution in [0.15, 0.2) is 6.20 Å². The predicted molar refractivity (Wildman–Crippen MR) is 72.0 cm³/mol. The average molecular weight is 301 g/mol. The summed E-state index contributed by atoms with van der Waals surface area (Å²) in [7, 11) is 0. The third-order valence-corrected chi connectivity index (χ3v) is 4.72. The van der Waals surface area contributed by atoms with Crippen LogP contribution in [0, 0.1) is 23.6 Å². The minimum absolute atomic E-state index is 0.0220. The zero-order valence-corrected chi connectivity index (χ0v) is 11.5. The summed E-state index contributed by atoms with van der Waals surface area (Å²) < 4.78 is 13.7. The van der Waals surface area contributed by atoms with Crippen molar-refractivity contribution in [2.24, 2.45) is 17.8 Å². The average Bonchev–Trinajstić information content (AvgIpc) is 2.43. The molecule has 3 aliphatic carbocycles. The predicted octanol–water partition coefficient (Wildman–Crippen LogP) is 1.74. The largest absolute Gasteiger partial charge is 0.564 e. The quantitative estimate of drug-likeness (QED) is 0.681. The molecule has 3 fully saturated rings. The summed E-state index contributed by atoms with van der Waals surface area (Å²) >= 11 is 5.68. The van der Waals surface area contributed by atoms with Gasteiger partial charge in [0.15, 0.2) is 11.6 Å². The van der Waals surface area contributed by atoms with Crippen molar-refractivity contribution in [3.63, 3.8) is 0 Å². The van der Waals surface area contributed by atoms with Gasteiger partial charge in [-0.3, -0.25) is 0 Å². The first-order valence-corrected chi connectivity index (χ1v) is 7.14. The Morgan fingerprint density at radius 3 is 2.65 bits per heavy atom. The maximum Gasteiger partial charge on any atom is 0.521 e. The Hall–Kier alpha value is -1.43. The van der Waals surface area contributed by atoms with Crippen LogP contribution in [0.2, 0.25) is 5.28 Å². The van der Waals surface area contributed by atoms with E-state index in [4.69, 9.17) is 16.7 Å². The fourth-order valence-electron chi connectivity index (χ4n) is 3.64. The van der Waals surface area contributed by atoms with Gasteiger partial charge in [0.05, 0.1) is 6.20 Å². The molecule has 2 atom stereocenters. The first-order chi connectivity index (χ1) is 9.56. The number of nitrogens with one attached hydrogen (secondary N) is 1. The zero-order valence-electron chi connectivity index (χ0n) is 10.8. The molecule has 2 unspecified atom stereocenters. The van der Waals surface area contributed by atoms with Gasteiger partial charge in [-0.05, 0) is 49.1 Å². The lowest BCUT2D eigenvalue weighted by molar-refractivity contribution is -0.148. The normalized spacial score (nSPS) is 32.1. The summed E-state index contributed by atoms with van der Waals surface area (Å²) in [5.41, 5.74) is 0. The van der Waals surface area contributed by atoms with Crippen molar-refractivity contribution in [1.29, 1.82) is 0 Å². The molecule has 0 spiro atoms. The van der Waals surface area contributed by atoms with Crippen LogP contribution in [0.3, 0.4) is 0 Å². The number of fused-ring (bicyclic) bond motifs is 3. The van der Waals surface area contributed by atoms with Crippen molar-refractivity contribution in [2.75, 3.05) is 5.32 Å². The molecule has 3 aliphatic rings. The van der Waals surface area contributed by atoms with Gasteiger partial charge in [-0.15, -0.1) is 0 Å². The number of hydrogen-bond acceptors (Lipinski definition) is 4. The van der Waals surface area contributed by atoms with Gasteiger partial charge >= 0.3 is 5.97 Å². The summed E-state index contributed by atoms with van der Waals surface area (Å²) in [5.74, 6) is -1.01. The number of rotatable bonds is 3. The Morgan fingerprint density at radius 1 is 1.35 bits per heavy atom. The van der Waals surface area contributed by atoms with Gasteiger partial charge in [-0.2, -0.15) is 4.98 Å². The second-order valence-corrected chi connectivity index (χ2v) is 5.91. The van der Waals surface area contributed by atoms with Crippen molar-refractivity contribution in [1.82, 2.24) is 9.97 Å². The van der Waals surface area contributed by atoms with E-state index < -0.39 is 11.8 Å². The number of aromatic nitrogens is 2. The van der Waals surface area contributed by atoms with Crippen LogP contribution in [-0.2, 0) is 4.79 Å². The molecule has 7 heteroatoms. The van der Waals surface area contributed by atoms with Crippen molar-refractivity contribution in [3.05, 3.63) is 17.3 Å². The van der Waals surface area contributed by atoms with Crippen molar-refractivity contribution in [3.8, 4) is 0 Å². The lowest BCUT2D eigenvalue weighted by Crippen LogP contribution is -2.51. The van der Waals surface area contributed by atoms with Gasteiger partial charge in [-0.25, -0.2) is 9.37 Å². The number of nitrogens with zero attached hydrogens (tertiary/aromatic N) is 2. The molecule has 0 radical (unpaired) electrons. The van der Waals surface area contributed by atoms with E-state index in [2.05, 4.69) is 15.3 Å². The fraction of sp³-hybridized carbons (Fsp3) is 0.615. The highest BCUT2D eigenvalue weighted by Crippen LogP contribution is 2.46. The zero-order chi connectivity index (χ0) is 14.3. The molecule has 108 valence electrons. The standard InChI is InChI=1S/C13H15ClFN3O2/c14-13-16-5-8(15)11(18-13)17-10-7-3-1-6(2-4-7)9(10)12(19)20/h5-7,9-10H,1-4H2,(H,19,20)(H,16,17,18)/p+1. The highest BCUT2D eigenvalue weighted by molar-refractivity contribution is 6.28. The molecule has 2 bridgehead atoms. The van der Waals surface area contributed by atoms with E-state index >= 15 is 0 Å². The molecule has 3 N–H and O–H groups in total. The van der Waals surface area contributed by atoms with Crippen LogP contribution in [-0.4, -0.2) is 27.1 Å². The number of hydrogen-bond donors (Lipinski definition) is 1. The van der Waals surface area contributed by atoms with Gasteiger partial charge in [0.1, 0.15) is 5.92 Å². The molecule has 4 rings (SSSR count). The van der Waals surface area contributed by atoms with Crippen molar-refractivity contribution in [2.45, 2.75) is 31.7 Å². The van der Waals surface area contributed by atoms with Gasteiger partial charge in [0, 0.05) is 10.8 Å². The molecule has 5 nitrogen and oxygen atoms in total. The van der Waals surface area contributed by atoms with Crippen LogP contribution >= 0.6 is 11.6 Å². The summed E-state index contributed by atoms with van der Waals surface area (Å²) in [5, 5.41) is 10.5. The molecular formula is C13H16ClFN3O2+. The first kappa shape index (κ1) is 13.5. The van der Waals surface area contributed by atoms with Crippen LogP contribution in [0.1, 0.15) is 25.7 Å². The SMILES string of the molecule is O=C([OH2+])C1C2CCC(CC2)C1Nc1nc(Cl)ncc1F. The van der Waals surface area contributed by atoms with E-state index in [0.717, 1.165) is 31.9 Å². The van der Waals surface area contributed by atoms with E-state index in [1.807, 2.05) is 0 Å². The van der Waals surface area contributed by atoms with E-state index in [9.17, 15) is 9.18 Å². The highest BCUT2D eigenvalue weighted by Gasteiger charge is 2.50. The Bertz CT molecular complexity index is 534. The Labute approximate surface area is 120 Å². The number of anilines is 1. The lowest BCUT2D eigenvalue weighted by atomic mass is 9.61. The second-order valence-electron chi connectivity index (χ2n) is 5.57. The van der Waals surface area contributed by atoms with Gasteiger partial charge < -0.3 is 10.4 Å². The number of halogens is 2. The highest BCUT2D eigenvalue weighted by atomic mass is 35.5. The Kier molecular flexibility index (Phi) is 3.50. The van der Waals surface area contributed by atoms with Crippen molar-refractivity contribution < 1.29 is 14.3 Å². The molecule has 0 aromatic carbocycles. The lowest BCUT2D eigenvalue weighted by Gasteiger charge is -2.45. The molecule has 20 heavy (non-hydrogen) atoms. The molecule has 1 aromatic heterocycles. The van der Waals surface area contributed by atoms with Crippen molar-refractivity contribution >= 4 is 23.4 Å². The van der Waals surface area contributed by atoms with Crippen LogP contribution in [0.4, 0.5) is 10.2 Å². The summed E-state index contributed by atoms with van der Waals surface area (Å²) in [6, 6.07) is -0.229. The van der Waals surface area contributed by atoms with Crippen LogP contribution < -0.4 is 5.32 Å². The maximum atomic E-state index is 13.7. The third kappa shape index (κ3) is 2.32. The number of carbonyl (C=O) groups is 1. The summed E-state index contributed by atoms with van der Waals surface area (Å²) in [4.78, 5) is 19.0. The first-order valence-electron chi connectivity index (χ1n) is 6.76. The van der Waals surface area contributed by atoms with E-state index in [1.54, 1.807) is 0 Å². The number of carbonyl (C=O) groups excluding carboxylic acids is 1. The van der Waals surface area contributed by atoms with Crippen LogP contribution in [0.5, 0.6) is 0 Å². The molecule has 1 heterocycles. The molecule has 3 saturated carbocycles. The van der Waals surface area contributed by atoms with Crippen LogP contribution in [0.25, 0.3) is 0 Å². The smallest absolute Gasteiger partial charge is 0.521 e. The monoisotopic (exact) mass is 300 g/mol. The van der Waals surface area contributed by atoms with E-state index in [-0.39, 0.29) is 34.9 Å². The maximum absolute atomic E-state index is 13.7. The Morgan fingerprint density at radius 2 is 2.00 bits per heavy atom. The second kappa shape index (κ2) is 5.16. The molecule has 0 saturated heterocycles. The topological polar surface area (TPSA) is 77.8 Å². The van der Waals surface area contributed by atoms with Gasteiger partial charge in [0.2, 0.25) is 5.28 Å². The Balaban J connectivity index is 1.87. The van der Waals surface area contributed by atoms with E-state index in [0.29, 0.717) is 0 Å². The summed E-state index contributed by atoms with van der Waals surface area (Å²) in [6.45, 7) is 0. The summed E-state index contributed by atoms with van der Waals surface area (Å²) in [6.07, 6.45) is 4.98. The molecule has 0 aliphatic heterocycles. The van der Waals surface area contributed by atoms with E-state index in [1.165, 1.54) is 0 Å². The molecule has 1 aromatic rings. The minimum atomic E-state index is -0.591. The fourth-order valence-corrected chi connectivity index (χ4v) is 3.77. The molecular weight excluding hydrogens is 285 g/mol. The third-order valence-electron chi connectivity index (χ3n) is 4.54. The minimum Gasteiger partial charge on any atom is -0.564 e.